The van der Waals surface area contributed by atoms with Crippen LogP contribution < -0.4 is 0 Å². The van der Waals surface area contributed by atoms with Crippen LogP contribution in [0.5, 0.6) is 0 Å². The summed E-state index contributed by atoms with van der Waals surface area (Å²) >= 11 is 6.32. The average molecular weight is 154 g/mol. The van der Waals surface area contributed by atoms with E-state index in [-0.39, 0.29) is 0 Å². The number of hydrogen-bond donors (Lipinski definition) is 2. The molecule has 0 saturated carbocycles. The molecular formula is C4H10S3. The van der Waals surface area contributed by atoms with Crippen molar-refractivity contribution in [3.8, 4) is 0 Å². The van der Waals surface area contributed by atoms with Gasteiger partial charge in [-0.15, -0.1) is 0 Å². The van der Waals surface area contributed by atoms with Crippen molar-refractivity contribution >= 4 is 35.3 Å². The summed E-state index contributed by atoms with van der Waals surface area (Å²) in [5, 5.41) is 2.57. The molecule has 1 saturated heterocycles. The molecule has 1 aliphatic heterocycles. The van der Waals surface area contributed by atoms with E-state index in [9.17, 15) is 0 Å². The van der Waals surface area contributed by atoms with E-state index in [0.29, 0.717) is 10.9 Å². The summed E-state index contributed by atoms with van der Waals surface area (Å²) in [5.41, 5.74) is 0. The van der Waals surface area contributed by atoms with Crippen molar-refractivity contribution in [2.45, 2.75) is 0 Å². The highest BCUT2D eigenvalue weighted by Gasteiger charge is 2.07. The second kappa shape index (κ2) is 3.15. The summed E-state index contributed by atoms with van der Waals surface area (Å²) in [6, 6.07) is 0. The highest BCUT2D eigenvalue weighted by atomic mass is 32.3. The monoisotopic (exact) mass is 154 g/mol. The van der Waals surface area contributed by atoms with E-state index in [1.165, 1.54) is 16.6 Å². The van der Waals surface area contributed by atoms with Gasteiger partial charge < -0.3 is 0 Å². The SMILES string of the molecule is SC[SH]1CCSC1. The van der Waals surface area contributed by atoms with Crippen LogP contribution in [-0.4, -0.2) is 21.7 Å². The Morgan fingerprint density at radius 1 is 1.71 bits per heavy atom. The zero-order valence-electron chi connectivity index (χ0n) is 4.13. The fraction of sp³-hybridized carbons (Fsp3) is 1.00. The molecule has 1 fully saturated rings. The maximum Gasteiger partial charge on any atom is 0.0219 e. The molecule has 0 aromatic carbocycles. The highest BCUT2D eigenvalue weighted by Crippen LogP contribution is 2.37. The molecule has 0 aromatic rings. The molecule has 0 aromatic heterocycles. The Morgan fingerprint density at radius 2 is 2.57 bits per heavy atom. The third kappa shape index (κ3) is 1.78. The molecule has 0 spiro atoms. The van der Waals surface area contributed by atoms with Gasteiger partial charge >= 0.3 is 0 Å². The predicted molar refractivity (Wildman–Crippen MR) is 45.0 cm³/mol. The third-order valence-electron chi connectivity index (χ3n) is 1.03. The fourth-order valence-corrected chi connectivity index (χ4v) is 5.81. The van der Waals surface area contributed by atoms with E-state index in [1.54, 1.807) is 0 Å². The lowest BCUT2D eigenvalue weighted by Crippen LogP contribution is -1.81. The number of thioether (sulfide) groups is 1. The molecule has 0 nitrogen and oxygen atoms in total. The summed E-state index contributed by atoms with van der Waals surface area (Å²) in [6.07, 6.45) is 0. The topological polar surface area (TPSA) is 0 Å². The molecule has 1 heterocycles. The largest absolute Gasteiger partial charge is 0.235 e. The molecule has 3 heteroatoms. The molecule has 1 atom stereocenters. The van der Waals surface area contributed by atoms with Crippen molar-refractivity contribution in [3.05, 3.63) is 0 Å². The molecule has 0 bridgehead atoms. The van der Waals surface area contributed by atoms with Crippen molar-refractivity contribution in [2.75, 3.05) is 21.7 Å². The summed E-state index contributed by atoms with van der Waals surface area (Å²) in [6.45, 7) is 0. The normalized spacial score (nSPS) is 36.4. The highest BCUT2D eigenvalue weighted by molar-refractivity contribution is 8.32. The maximum absolute atomic E-state index is 4.23. The smallest absolute Gasteiger partial charge is 0.0219 e. The lowest BCUT2D eigenvalue weighted by atomic mass is 11.0. The van der Waals surface area contributed by atoms with Gasteiger partial charge in [-0.2, -0.15) is 24.4 Å². The van der Waals surface area contributed by atoms with Crippen LogP contribution in [0.1, 0.15) is 0 Å². The van der Waals surface area contributed by atoms with Crippen molar-refractivity contribution in [2.24, 2.45) is 0 Å². The van der Waals surface area contributed by atoms with E-state index in [2.05, 4.69) is 24.4 Å². The van der Waals surface area contributed by atoms with Gasteiger partial charge in [0.1, 0.15) is 0 Å². The molecule has 7 heavy (non-hydrogen) atoms. The molecule has 1 rings (SSSR count). The van der Waals surface area contributed by atoms with Crippen LogP contribution in [0.15, 0.2) is 0 Å². The van der Waals surface area contributed by atoms with E-state index < -0.39 is 0 Å². The lowest BCUT2D eigenvalue weighted by Gasteiger charge is -2.05. The summed E-state index contributed by atoms with van der Waals surface area (Å²) in [4.78, 5) is 0. The Labute approximate surface area is 57.2 Å². The number of thiol groups is 2. The van der Waals surface area contributed by atoms with Gasteiger partial charge in [0.05, 0.1) is 0 Å². The molecule has 1 aliphatic rings. The zero-order chi connectivity index (χ0) is 5.11. The van der Waals surface area contributed by atoms with E-state index in [1.807, 2.05) is 0 Å². The van der Waals surface area contributed by atoms with Crippen LogP contribution in [0.4, 0.5) is 0 Å². The van der Waals surface area contributed by atoms with Crippen molar-refractivity contribution in [3.63, 3.8) is 0 Å². The van der Waals surface area contributed by atoms with Crippen LogP contribution in [-0.2, 0) is 0 Å². The summed E-state index contributed by atoms with van der Waals surface area (Å²) in [7, 11) is 0.384. The predicted octanol–water partition coefficient (Wildman–Crippen LogP) is 1.58. The Balaban J connectivity index is 2.14. The number of hydrogen-bond acceptors (Lipinski definition) is 2. The Bertz CT molecular complexity index is 48.9. The van der Waals surface area contributed by atoms with Crippen LogP contribution in [0.2, 0.25) is 0 Å². The molecular weight excluding hydrogens is 144 g/mol. The van der Waals surface area contributed by atoms with Gasteiger partial charge in [-0.1, -0.05) is 0 Å². The molecule has 0 amide bonds. The Morgan fingerprint density at radius 3 is 2.86 bits per heavy atom. The van der Waals surface area contributed by atoms with Gasteiger partial charge in [-0.05, 0) is 5.75 Å². The summed E-state index contributed by atoms with van der Waals surface area (Å²) in [5.74, 6) is 2.86. The molecule has 44 valence electrons. The Hall–Kier alpha value is 1.05. The Kier molecular flexibility index (Phi) is 2.78. The van der Waals surface area contributed by atoms with Crippen LogP contribution in [0, 0.1) is 0 Å². The standard InChI is InChI=1S/C4H10S3/c5-3-7-2-1-6-4-7/h5,7H,1-4H2. The minimum absolute atomic E-state index is 0.384. The minimum atomic E-state index is 0.384. The second-order valence-corrected chi connectivity index (χ2v) is 6.34. The molecule has 0 aliphatic carbocycles. The first-order valence-electron chi connectivity index (χ1n) is 2.34. The van der Waals surface area contributed by atoms with Gasteiger partial charge in [-0.3, -0.25) is 0 Å². The van der Waals surface area contributed by atoms with Gasteiger partial charge in [0.2, 0.25) is 0 Å². The third-order valence-corrected chi connectivity index (χ3v) is 6.47. The number of rotatable bonds is 1. The van der Waals surface area contributed by atoms with Gasteiger partial charge in [0, 0.05) is 15.9 Å². The quantitative estimate of drug-likeness (QED) is 0.541. The molecule has 0 radical (unpaired) electrons. The first-order valence-corrected chi connectivity index (χ1v) is 6.03. The van der Waals surface area contributed by atoms with Crippen molar-refractivity contribution < 1.29 is 0 Å². The lowest BCUT2D eigenvalue weighted by molar-refractivity contribution is 1.57. The van der Waals surface area contributed by atoms with E-state index in [4.69, 9.17) is 0 Å². The molecule has 1 unspecified atom stereocenters. The summed E-state index contributed by atoms with van der Waals surface area (Å²) < 4.78 is 0. The second-order valence-electron chi connectivity index (χ2n) is 1.57. The van der Waals surface area contributed by atoms with Gasteiger partial charge in [-0.25, -0.2) is 10.9 Å². The van der Waals surface area contributed by atoms with E-state index >= 15 is 0 Å². The van der Waals surface area contributed by atoms with Crippen molar-refractivity contribution in [1.82, 2.24) is 0 Å². The van der Waals surface area contributed by atoms with Crippen LogP contribution in [0.25, 0.3) is 0 Å². The van der Waals surface area contributed by atoms with Gasteiger partial charge in [0.25, 0.3) is 0 Å². The first-order chi connectivity index (χ1) is 3.43. The van der Waals surface area contributed by atoms with Crippen LogP contribution >= 0.6 is 35.3 Å². The van der Waals surface area contributed by atoms with Gasteiger partial charge in [0.15, 0.2) is 0 Å². The zero-order valence-corrected chi connectivity index (χ0v) is 6.74. The van der Waals surface area contributed by atoms with Crippen LogP contribution in [0.3, 0.4) is 0 Å². The molecule has 0 N–H and O–H groups in total. The maximum atomic E-state index is 4.23. The first kappa shape index (κ1) is 6.17. The van der Waals surface area contributed by atoms with E-state index in [0.717, 1.165) is 5.08 Å². The fourth-order valence-electron chi connectivity index (χ4n) is 0.563. The van der Waals surface area contributed by atoms with Crippen molar-refractivity contribution in [1.29, 1.82) is 0 Å². The average Bonchev–Trinajstić information content (AvgIpc) is 2.14. The minimum Gasteiger partial charge on any atom is -0.235 e.